The Balaban J connectivity index is 2.24. The van der Waals surface area contributed by atoms with Crippen LogP contribution in [0.4, 0.5) is 0 Å². The highest BCUT2D eigenvalue weighted by Crippen LogP contribution is 2.49. The van der Waals surface area contributed by atoms with Gasteiger partial charge in [0.1, 0.15) is 5.78 Å². The molecular weight excluding hydrogens is 332 g/mol. The molecule has 1 aliphatic carbocycles. The average Bonchev–Trinajstić information content (AvgIpc) is 2.58. The Hall–Kier alpha value is -0.410. The molecule has 3 atom stereocenters. The lowest BCUT2D eigenvalue weighted by Gasteiger charge is -2.45. The molecule has 1 aliphatic rings. The molecule has 0 saturated heterocycles. The summed E-state index contributed by atoms with van der Waals surface area (Å²) in [5, 5.41) is 0. The summed E-state index contributed by atoms with van der Waals surface area (Å²) in [6.45, 7) is 18.3. The van der Waals surface area contributed by atoms with Crippen LogP contribution in [0.25, 0.3) is 0 Å². The first-order valence-corrected chi connectivity index (χ1v) is 11.4. The third kappa shape index (κ3) is 8.23. The maximum atomic E-state index is 11.5. The fourth-order valence-electron chi connectivity index (χ4n) is 4.19. The Bertz CT molecular complexity index is 442. The van der Waals surface area contributed by atoms with Crippen LogP contribution in [0.15, 0.2) is 0 Å². The van der Waals surface area contributed by atoms with E-state index in [4.69, 9.17) is 0 Å². The maximum Gasteiger partial charge on any atom is 0.132 e. The summed E-state index contributed by atoms with van der Waals surface area (Å²) in [7, 11) is 4.56. The lowest BCUT2D eigenvalue weighted by Crippen LogP contribution is -2.40. The Morgan fingerprint density at radius 3 is 1.89 bits per heavy atom. The number of rotatable bonds is 13. The van der Waals surface area contributed by atoms with E-state index in [1.165, 1.54) is 38.8 Å². The number of carbonyl (C=O) groups is 1. The Morgan fingerprint density at radius 1 is 0.926 bits per heavy atom. The van der Waals surface area contributed by atoms with Crippen LogP contribution in [0.3, 0.4) is 0 Å². The maximum absolute atomic E-state index is 11.5. The van der Waals surface area contributed by atoms with Crippen molar-refractivity contribution >= 4 is 5.78 Å². The van der Waals surface area contributed by atoms with Crippen molar-refractivity contribution in [3.8, 4) is 0 Å². The number of hydrogen-bond donors (Lipinski definition) is 0. The molecule has 0 aliphatic heterocycles. The van der Waals surface area contributed by atoms with E-state index in [-0.39, 0.29) is 0 Å². The topological polar surface area (TPSA) is 23.6 Å². The monoisotopic (exact) mass is 380 g/mol. The molecule has 0 spiro atoms. The van der Waals surface area contributed by atoms with Crippen molar-refractivity contribution in [2.75, 3.05) is 27.2 Å². The van der Waals surface area contributed by atoms with Crippen molar-refractivity contribution in [2.24, 2.45) is 23.2 Å². The molecule has 1 fully saturated rings. The van der Waals surface area contributed by atoms with Crippen LogP contribution in [-0.2, 0) is 4.79 Å². The molecule has 0 aromatic carbocycles. The van der Waals surface area contributed by atoms with Gasteiger partial charge in [-0.25, -0.2) is 0 Å². The predicted molar refractivity (Wildman–Crippen MR) is 118 cm³/mol. The van der Waals surface area contributed by atoms with Gasteiger partial charge in [0.05, 0.1) is 0 Å². The van der Waals surface area contributed by atoms with E-state index >= 15 is 0 Å². The quantitative estimate of drug-likeness (QED) is 0.422. The second-order valence-corrected chi connectivity index (χ2v) is 10.5. The first-order valence-electron chi connectivity index (χ1n) is 11.4. The van der Waals surface area contributed by atoms with E-state index in [2.05, 4.69) is 65.4 Å². The third-order valence-corrected chi connectivity index (χ3v) is 7.70. The van der Waals surface area contributed by atoms with Crippen molar-refractivity contribution < 1.29 is 4.79 Å². The van der Waals surface area contributed by atoms with Gasteiger partial charge in [-0.2, -0.15) is 0 Å². The Kier molecular flexibility index (Phi) is 9.99. The first kappa shape index (κ1) is 24.6. The second kappa shape index (κ2) is 11.0. The highest BCUT2D eigenvalue weighted by molar-refractivity contribution is 5.79. The van der Waals surface area contributed by atoms with Crippen molar-refractivity contribution in [1.29, 1.82) is 0 Å². The molecule has 0 aromatic rings. The van der Waals surface area contributed by atoms with Crippen LogP contribution < -0.4 is 0 Å². The summed E-state index contributed by atoms with van der Waals surface area (Å²) in [5.74, 6) is 2.32. The minimum absolute atomic E-state index is 0.345. The van der Waals surface area contributed by atoms with E-state index in [1.807, 2.05) is 0 Å². The van der Waals surface area contributed by atoms with E-state index in [9.17, 15) is 4.79 Å². The average molecular weight is 381 g/mol. The smallest absolute Gasteiger partial charge is 0.132 e. The molecule has 0 aromatic heterocycles. The molecule has 0 N–H and O–H groups in total. The van der Waals surface area contributed by atoms with Gasteiger partial charge in [0.2, 0.25) is 0 Å². The minimum Gasteiger partial charge on any atom is -0.304 e. The summed E-state index contributed by atoms with van der Waals surface area (Å²) >= 11 is 0. The SMILES string of the molecule is CC(=O)C1CC(C)(CCC(C)N(C)CCC(C)N(C)CCC(C)C(C)C)C1. The van der Waals surface area contributed by atoms with E-state index < -0.39 is 0 Å². The normalized spacial score (nSPS) is 26.3. The molecule has 27 heavy (non-hydrogen) atoms. The van der Waals surface area contributed by atoms with Crippen LogP contribution >= 0.6 is 0 Å². The molecule has 0 amide bonds. The largest absolute Gasteiger partial charge is 0.304 e. The molecule has 0 heterocycles. The highest BCUT2D eigenvalue weighted by atomic mass is 16.1. The standard InChI is InChI=1S/C24H48N2O/c1-18(2)19(3)11-14-25(8)21(5)12-15-26(9)20(4)10-13-24(7)16-23(17-24)22(6)27/h18-21,23H,10-17H2,1-9H3. The lowest BCUT2D eigenvalue weighted by atomic mass is 9.60. The number of hydrogen-bond acceptors (Lipinski definition) is 3. The molecule has 3 unspecified atom stereocenters. The highest BCUT2D eigenvalue weighted by Gasteiger charge is 2.42. The minimum atomic E-state index is 0.345. The summed E-state index contributed by atoms with van der Waals surface area (Å²) in [4.78, 5) is 16.5. The number of nitrogens with zero attached hydrogens (tertiary/aromatic N) is 2. The van der Waals surface area contributed by atoms with Crippen LogP contribution in [0.5, 0.6) is 0 Å². The van der Waals surface area contributed by atoms with Gasteiger partial charge >= 0.3 is 0 Å². The van der Waals surface area contributed by atoms with E-state index in [0.717, 1.165) is 24.7 Å². The van der Waals surface area contributed by atoms with Crippen molar-refractivity contribution in [3.63, 3.8) is 0 Å². The third-order valence-electron chi connectivity index (χ3n) is 7.70. The predicted octanol–water partition coefficient (Wildman–Crippen LogP) is 5.48. The van der Waals surface area contributed by atoms with Gasteiger partial charge in [-0.05, 0) is 104 Å². The first-order chi connectivity index (χ1) is 12.4. The van der Waals surface area contributed by atoms with Crippen LogP contribution in [0.2, 0.25) is 0 Å². The van der Waals surface area contributed by atoms with Crippen molar-refractivity contribution in [2.45, 2.75) is 99.1 Å². The molecule has 3 nitrogen and oxygen atoms in total. The van der Waals surface area contributed by atoms with Gasteiger partial charge in [0.25, 0.3) is 0 Å². The molecular formula is C24H48N2O. The van der Waals surface area contributed by atoms with E-state index in [1.54, 1.807) is 6.92 Å². The zero-order chi connectivity index (χ0) is 20.8. The Morgan fingerprint density at radius 2 is 1.41 bits per heavy atom. The fourth-order valence-corrected chi connectivity index (χ4v) is 4.19. The molecule has 0 radical (unpaired) electrons. The van der Waals surface area contributed by atoms with Crippen molar-refractivity contribution in [3.05, 3.63) is 0 Å². The van der Waals surface area contributed by atoms with Gasteiger partial charge in [-0.15, -0.1) is 0 Å². The molecule has 1 saturated carbocycles. The lowest BCUT2D eigenvalue weighted by molar-refractivity contribution is -0.127. The van der Waals surface area contributed by atoms with Gasteiger partial charge in [-0.3, -0.25) is 4.79 Å². The Labute approximate surface area is 170 Å². The van der Waals surface area contributed by atoms with Crippen molar-refractivity contribution in [1.82, 2.24) is 9.80 Å². The molecule has 1 rings (SSSR count). The molecule has 0 bridgehead atoms. The molecule has 160 valence electrons. The summed E-state index contributed by atoms with van der Waals surface area (Å²) in [5.41, 5.74) is 0.409. The number of Topliss-reactive ketones (excluding diaryl/α,β-unsaturated/α-hetero) is 1. The van der Waals surface area contributed by atoms with Crippen LogP contribution in [0, 0.1) is 23.2 Å². The zero-order valence-electron chi connectivity index (χ0n) is 19.8. The molecule has 3 heteroatoms. The van der Waals surface area contributed by atoms with E-state index in [0.29, 0.717) is 29.2 Å². The number of ketones is 1. The second-order valence-electron chi connectivity index (χ2n) is 10.5. The zero-order valence-corrected chi connectivity index (χ0v) is 19.8. The van der Waals surface area contributed by atoms with Gasteiger partial charge < -0.3 is 9.80 Å². The van der Waals surface area contributed by atoms with Gasteiger partial charge in [-0.1, -0.05) is 27.7 Å². The fraction of sp³-hybridized carbons (Fsp3) is 0.958. The van der Waals surface area contributed by atoms with Crippen LogP contribution in [0.1, 0.15) is 87.0 Å². The summed E-state index contributed by atoms with van der Waals surface area (Å²) < 4.78 is 0. The summed E-state index contributed by atoms with van der Waals surface area (Å²) in [6.07, 6.45) is 7.24. The van der Waals surface area contributed by atoms with Gasteiger partial charge in [0.15, 0.2) is 0 Å². The van der Waals surface area contributed by atoms with Crippen LogP contribution in [-0.4, -0.2) is 54.9 Å². The van der Waals surface area contributed by atoms with Gasteiger partial charge in [0, 0.05) is 18.0 Å². The summed E-state index contributed by atoms with van der Waals surface area (Å²) in [6, 6.07) is 1.26. The number of carbonyl (C=O) groups excluding carboxylic acids is 1.